The van der Waals surface area contributed by atoms with Crippen LogP contribution in [-0.2, 0) is 22.7 Å². The molecular formula is C16H11ClF3N3O4S. The van der Waals surface area contributed by atoms with Crippen LogP contribution in [0.1, 0.15) is 11.1 Å². The van der Waals surface area contributed by atoms with Crippen molar-refractivity contribution in [3.63, 3.8) is 0 Å². The van der Waals surface area contributed by atoms with E-state index in [9.17, 15) is 31.7 Å². The first-order valence-corrected chi connectivity index (χ1v) is 9.39. The second kappa shape index (κ2) is 6.76. The van der Waals surface area contributed by atoms with Crippen LogP contribution in [0.3, 0.4) is 0 Å². The topological polar surface area (TPSA) is 108 Å². The van der Waals surface area contributed by atoms with Gasteiger partial charge < -0.3 is 5.73 Å². The molecule has 1 aromatic heterocycles. The molecule has 0 saturated carbocycles. The maximum absolute atomic E-state index is 13.1. The van der Waals surface area contributed by atoms with Gasteiger partial charge in [0, 0.05) is 24.2 Å². The number of rotatable bonds is 4. The second-order valence-corrected chi connectivity index (χ2v) is 7.98. The minimum atomic E-state index is -4.69. The number of nitrogens with two attached hydrogens (primary N) is 1. The minimum absolute atomic E-state index is 0.120. The fraction of sp³-hybridized carbons (Fsp3) is 0.125. The van der Waals surface area contributed by atoms with E-state index in [1.807, 2.05) is 0 Å². The molecule has 0 atom stereocenters. The van der Waals surface area contributed by atoms with Crippen LogP contribution < -0.4 is 5.73 Å². The zero-order chi connectivity index (χ0) is 20.9. The molecule has 28 heavy (non-hydrogen) atoms. The van der Waals surface area contributed by atoms with Gasteiger partial charge in [0.2, 0.25) is 0 Å². The van der Waals surface area contributed by atoms with Crippen LogP contribution in [0, 0.1) is 10.1 Å². The van der Waals surface area contributed by atoms with Crippen LogP contribution >= 0.6 is 11.6 Å². The molecular weight excluding hydrogens is 423 g/mol. The summed E-state index contributed by atoms with van der Waals surface area (Å²) in [6.45, 7) is -0.120. The highest BCUT2D eigenvalue weighted by Gasteiger charge is 2.32. The number of halogens is 4. The Kier molecular flexibility index (Phi) is 4.86. The largest absolute Gasteiger partial charge is 0.416 e. The van der Waals surface area contributed by atoms with Gasteiger partial charge in [0.25, 0.3) is 15.7 Å². The van der Waals surface area contributed by atoms with Gasteiger partial charge in [0.15, 0.2) is 0 Å². The van der Waals surface area contributed by atoms with E-state index in [0.717, 1.165) is 36.5 Å². The van der Waals surface area contributed by atoms with Crippen LogP contribution in [0.5, 0.6) is 0 Å². The van der Waals surface area contributed by atoms with E-state index in [-0.39, 0.29) is 22.5 Å². The SMILES string of the molecule is NCc1cn(S(=O)(=O)c2ccc(Cl)c([N+](=O)[O-])c2)c2cc(C(F)(F)F)ccc12. The predicted molar refractivity (Wildman–Crippen MR) is 95.5 cm³/mol. The number of aromatic nitrogens is 1. The third kappa shape index (κ3) is 3.32. The fourth-order valence-electron chi connectivity index (χ4n) is 2.71. The molecule has 0 spiro atoms. The highest BCUT2D eigenvalue weighted by Crippen LogP contribution is 2.35. The summed E-state index contributed by atoms with van der Waals surface area (Å²) in [7, 11) is -4.46. The predicted octanol–water partition coefficient (Wildman–Crippen LogP) is 3.92. The van der Waals surface area contributed by atoms with Crippen molar-refractivity contribution in [2.45, 2.75) is 17.6 Å². The zero-order valence-electron chi connectivity index (χ0n) is 13.8. The van der Waals surface area contributed by atoms with E-state index >= 15 is 0 Å². The number of nitro benzene ring substituents is 1. The summed E-state index contributed by atoms with van der Waals surface area (Å²) >= 11 is 5.70. The van der Waals surface area contributed by atoms with E-state index in [1.165, 1.54) is 0 Å². The third-order valence-corrected chi connectivity index (χ3v) is 6.06. The molecule has 2 N–H and O–H groups in total. The van der Waals surface area contributed by atoms with Gasteiger partial charge in [-0.2, -0.15) is 13.2 Å². The normalized spacial score (nSPS) is 12.5. The van der Waals surface area contributed by atoms with Crippen LogP contribution in [0.25, 0.3) is 10.9 Å². The van der Waals surface area contributed by atoms with Gasteiger partial charge >= 0.3 is 6.18 Å². The van der Waals surface area contributed by atoms with E-state index < -0.39 is 37.3 Å². The van der Waals surface area contributed by atoms with Crippen molar-refractivity contribution in [2.75, 3.05) is 0 Å². The molecule has 7 nitrogen and oxygen atoms in total. The summed E-state index contributed by atoms with van der Waals surface area (Å²) in [6.07, 6.45) is -3.59. The van der Waals surface area contributed by atoms with Crippen molar-refractivity contribution in [3.8, 4) is 0 Å². The van der Waals surface area contributed by atoms with Gasteiger partial charge in [-0.1, -0.05) is 17.7 Å². The quantitative estimate of drug-likeness (QED) is 0.495. The van der Waals surface area contributed by atoms with Crippen molar-refractivity contribution in [1.82, 2.24) is 3.97 Å². The molecule has 0 aliphatic heterocycles. The van der Waals surface area contributed by atoms with E-state index in [1.54, 1.807) is 0 Å². The molecule has 0 amide bonds. The number of fused-ring (bicyclic) bond motifs is 1. The summed E-state index contributed by atoms with van der Waals surface area (Å²) < 4.78 is 65.8. The molecule has 1 heterocycles. The Morgan fingerprint density at radius 3 is 2.43 bits per heavy atom. The van der Waals surface area contributed by atoms with E-state index in [4.69, 9.17) is 17.3 Å². The van der Waals surface area contributed by atoms with Crippen molar-refractivity contribution in [1.29, 1.82) is 0 Å². The lowest BCUT2D eigenvalue weighted by Crippen LogP contribution is -2.13. The molecule has 0 aliphatic rings. The summed E-state index contributed by atoms with van der Waals surface area (Å²) in [6, 6.07) is 5.47. The molecule has 2 aromatic carbocycles. The Hall–Kier alpha value is -2.63. The molecule has 0 bridgehead atoms. The van der Waals surface area contributed by atoms with Gasteiger partial charge in [-0.15, -0.1) is 0 Å². The third-order valence-electron chi connectivity index (χ3n) is 4.07. The molecule has 0 radical (unpaired) electrons. The molecule has 0 aliphatic carbocycles. The number of nitrogens with zero attached hydrogens (tertiary/aromatic N) is 2. The van der Waals surface area contributed by atoms with Crippen LogP contribution in [0.4, 0.5) is 18.9 Å². The van der Waals surface area contributed by atoms with E-state index in [0.29, 0.717) is 15.6 Å². The van der Waals surface area contributed by atoms with Crippen LogP contribution in [0.15, 0.2) is 47.5 Å². The lowest BCUT2D eigenvalue weighted by atomic mass is 10.1. The smallest absolute Gasteiger partial charge is 0.326 e. The highest BCUT2D eigenvalue weighted by molar-refractivity contribution is 7.90. The Morgan fingerprint density at radius 2 is 1.86 bits per heavy atom. The first kappa shape index (κ1) is 20.1. The zero-order valence-corrected chi connectivity index (χ0v) is 15.3. The monoisotopic (exact) mass is 433 g/mol. The summed E-state index contributed by atoms with van der Waals surface area (Å²) in [5, 5.41) is 11.0. The Labute approximate surface area is 161 Å². The molecule has 3 aromatic rings. The molecule has 3 rings (SSSR count). The Morgan fingerprint density at radius 1 is 1.18 bits per heavy atom. The summed E-state index contributed by atoms with van der Waals surface area (Å²) in [4.78, 5) is 9.68. The summed E-state index contributed by atoms with van der Waals surface area (Å²) in [5.41, 5.74) is 3.95. The maximum Gasteiger partial charge on any atom is 0.416 e. The number of hydrogen-bond donors (Lipinski definition) is 1. The number of benzene rings is 2. The lowest BCUT2D eigenvalue weighted by Gasteiger charge is -2.10. The fourth-order valence-corrected chi connectivity index (χ4v) is 4.30. The molecule has 12 heteroatoms. The van der Waals surface area contributed by atoms with Crippen LogP contribution in [-0.4, -0.2) is 17.3 Å². The van der Waals surface area contributed by atoms with E-state index in [2.05, 4.69) is 0 Å². The Bertz CT molecular complexity index is 1210. The number of alkyl halides is 3. The van der Waals surface area contributed by atoms with Gasteiger partial charge in [0.1, 0.15) is 5.02 Å². The molecule has 0 fully saturated rings. The first-order valence-electron chi connectivity index (χ1n) is 7.57. The number of hydrogen-bond acceptors (Lipinski definition) is 5. The first-order chi connectivity index (χ1) is 13.0. The maximum atomic E-state index is 13.1. The van der Waals surface area contributed by atoms with Gasteiger partial charge in [-0.05, 0) is 29.8 Å². The van der Waals surface area contributed by atoms with Gasteiger partial charge in [-0.3, -0.25) is 10.1 Å². The van der Waals surface area contributed by atoms with Crippen molar-refractivity contribution >= 4 is 38.2 Å². The molecule has 0 unspecified atom stereocenters. The van der Waals surface area contributed by atoms with Crippen molar-refractivity contribution in [3.05, 3.63) is 68.9 Å². The lowest BCUT2D eigenvalue weighted by molar-refractivity contribution is -0.384. The minimum Gasteiger partial charge on any atom is -0.326 e. The second-order valence-electron chi connectivity index (χ2n) is 5.76. The average Bonchev–Trinajstić information content (AvgIpc) is 2.99. The van der Waals surface area contributed by atoms with Gasteiger partial charge in [0.05, 0.1) is 20.9 Å². The highest BCUT2D eigenvalue weighted by atomic mass is 35.5. The molecule has 148 valence electrons. The van der Waals surface area contributed by atoms with Crippen molar-refractivity contribution < 1.29 is 26.5 Å². The van der Waals surface area contributed by atoms with Gasteiger partial charge in [-0.25, -0.2) is 12.4 Å². The summed E-state index contributed by atoms with van der Waals surface area (Å²) in [5.74, 6) is 0. The Balaban J connectivity index is 2.30. The van der Waals surface area contributed by atoms with Crippen molar-refractivity contribution in [2.24, 2.45) is 5.73 Å². The average molecular weight is 434 g/mol. The number of nitro groups is 1. The standard InChI is InChI=1S/C16H11ClF3N3O4S/c17-13-4-2-11(6-15(13)23(24)25)28(26,27)22-8-9(7-21)12-3-1-10(5-14(12)22)16(18,19)20/h1-6,8H,7,21H2. The van der Waals surface area contributed by atoms with Crippen LogP contribution in [0.2, 0.25) is 5.02 Å². The molecule has 0 saturated heterocycles.